The fraction of sp³-hybridized carbons (Fsp3) is 0.333. The summed E-state index contributed by atoms with van der Waals surface area (Å²) in [5, 5.41) is 5.14. The van der Waals surface area contributed by atoms with E-state index in [0.29, 0.717) is 5.69 Å². The van der Waals surface area contributed by atoms with Crippen molar-refractivity contribution in [3.63, 3.8) is 0 Å². The van der Waals surface area contributed by atoms with Gasteiger partial charge in [-0.1, -0.05) is 30.3 Å². The van der Waals surface area contributed by atoms with Crippen LogP contribution in [-0.4, -0.2) is 39.8 Å². The number of carbonyl (C=O) groups is 1. The summed E-state index contributed by atoms with van der Waals surface area (Å²) in [5.41, 5.74) is 1.61. The average Bonchev–Trinajstić information content (AvgIpc) is 3.32. The number of benzene rings is 1. The van der Waals surface area contributed by atoms with Crippen LogP contribution in [0, 0.1) is 0 Å². The molecule has 1 amide bonds. The number of aromatic nitrogens is 2. The van der Waals surface area contributed by atoms with Crippen molar-refractivity contribution in [2.75, 3.05) is 19.6 Å². The average molecular weight is 340 g/mol. The molecule has 5 nitrogen and oxygen atoms in total. The summed E-state index contributed by atoms with van der Waals surface area (Å²) >= 11 is 1.53. The maximum Gasteiger partial charge on any atom is 0.272 e. The lowest BCUT2D eigenvalue weighted by atomic mass is 10.1. The van der Waals surface area contributed by atoms with Gasteiger partial charge in [0, 0.05) is 24.3 Å². The number of imidazole rings is 1. The second-order valence-corrected chi connectivity index (χ2v) is 7.04. The summed E-state index contributed by atoms with van der Waals surface area (Å²) in [5.74, 6) is -0.112. The monoisotopic (exact) mass is 340 g/mol. The van der Waals surface area contributed by atoms with Crippen LogP contribution in [0.15, 0.2) is 48.1 Å². The highest BCUT2D eigenvalue weighted by Gasteiger charge is 2.22. The Morgan fingerprint density at radius 3 is 2.79 bits per heavy atom. The van der Waals surface area contributed by atoms with Crippen LogP contribution in [-0.2, 0) is 0 Å². The predicted octanol–water partition coefficient (Wildman–Crippen LogP) is 2.96. The molecule has 3 heterocycles. The van der Waals surface area contributed by atoms with Crippen LogP contribution in [0.3, 0.4) is 0 Å². The minimum atomic E-state index is -0.112. The first-order valence-corrected chi connectivity index (χ1v) is 9.18. The molecule has 1 fully saturated rings. The van der Waals surface area contributed by atoms with Gasteiger partial charge in [-0.2, -0.15) is 0 Å². The molecule has 0 saturated carbocycles. The Morgan fingerprint density at radius 1 is 1.25 bits per heavy atom. The Bertz CT molecular complexity index is 791. The molecule has 0 unspecified atom stereocenters. The Balaban J connectivity index is 1.53. The second-order valence-electron chi connectivity index (χ2n) is 6.16. The van der Waals surface area contributed by atoms with E-state index in [9.17, 15) is 4.79 Å². The van der Waals surface area contributed by atoms with Gasteiger partial charge in [-0.15, -0.1) is 11.3 Å². The first-order chi connectivity index (χ1) is 11.8. The molecule has 24 heavy (non-hydrogen) atoms. The normalized spacial score (nSPS) is 16.5. The summed E-state index contributed by atoms with van der Waals surface area (Å²) in [6.45, 7) is 3.07. The number of fused-ring (bicyclic) bond motifs is 1. The largest absolute Gasteiger partial charge is 0.343 e. The molecule has 1 aromatic carbocycles. The van der Waals surface area contributed by atoms with Crippen LogP contribution in [0.1, 0.15) is 34.9 Å². The SMILES string of the molecule is O=C(N[C@@H](CN1CCCC1)c1ccccc1)c1cn2ccsc2n1. The first kappa shape index (κ1) is 15.4. The maximum absolute atomic E-state index is 12.7. The molecule has 4 rings (SSSR count). The molecule has 3 aromatic rings. The molecular weight excluding hydrogens is 320 g/mol. The zero-order valence-electron chi connectivity index (χ0n) is 13.4. The van der Waals surface area contributed by atoms with Crippen molar-refractivity contribution in [3.8, 4) is 0 Å². The van der Waals surface area contributed by atoms with Gasteiger partial charge in [0.2, 0.25) is 0 Å². The predicted molar refractivity (Wildman–Crippen MR) is 95.4 cm³/mol. The lowest BCUT2D eigenvalue weighted by Gasteiger charge is -2.24. The quantitative estimate of drug-likeness (QED) is 0.777. The Kier molecular flexibility index (Phi) is 4.32. The van der Waals surface area contributed by atoms with Crippen LogP contribution in [0.25, 0.3) is 4.96 Å². The van der Waals surface area contributed by atoms with Crippen LogP contribution in [0.2, 0.25) is 0 Å². The van der Waals surface area contributed by atoms with Gasteiger partial charge in [0.1, 0.15) is 5.69 Å². The Morgan fingerprint density at radius 2 is 2.04 bits per heavy atom. The van der Waals surface area contributed by atoms with E-state index in [2.05, 4.69) is 27.3 Å². The minimum absolute atomic E-state index is 0.0171. The molecule has 0 aliphatic carbocycles. The maximum atomic E-state index is 12.7. The number of nitrogens with zero attached hydrogens (tertiary/aromatic N) is 3. The van der Waals surface area contributed by atoms with Gasteiger partial charge in [-0.25, -0.2) is 4.98 Å². The molecule has 0 bridgehead atoms. The molecule has 1 saturated heterocycles. The zero-order chi connectivity index (χ0) is 16.4. The van der Waals surface area contributed by atoms with Crippen molar-refractivity contribution in [1.29, 1.82) is 0 Å². The molecule has 1 aliphatic rings. The van der Waals surface area contributed by atoms with Gasteiger partial charge in [-0.3, -0.25) is 9.20 Å². The second kappa shape index (κ2) is 6.75. The van der Waals surface area contributed by atoms with Crippen molar-refractivity contribution >= 4 is 22.2 Å². The number of nitrogens with one attached hydrogen (secondary N) is 1. The van der Waals surface area contributed by atoms with Gasteiger partial charge in [-0.05, 0) is 31.5 Å². The number of rotatable bonds is 5. The number of carbonyl (C=O) groups excluding carboxylic acids is 1. The van der Waals surface area contributed by atoms with Crippen molar-refractivity contribution in [3.05, 3.63) is 59.4 Å². The molecule has 6 heteroatoms. The van der Waals surface area contributed by atoms with E-state index in [-0.39, 0.29) is 11.9 Å². The van der Waals surface area contributed by atoms with Gasteiger partial charge < -0.3 is 10.2 Å². The number of amides is 1. The molecule has 1 N–H and O–H groups in total. The zero-order valence-corrected chi connectivity index (χ0v) is 14.2. The summed E-state index contributed by atoms with van der Waals surface area (Å²) in [6, 6.07) is 10.2. The Labute approximate surface area is 144 Å². The van der Waals surface area contributed by atoms with Crippen LogP contribution < -0.4 is 5.32 Å². The molecule has 0 radical (unpaired) electrons. The molecule has 0 spiro atoms. The summed E-state index contributed by atoms with van der Waals surface area (Å²) < 4.78 is 1.89. The van der Waals surface area contributed by atoms with E-state index in [4.69, 9.17) is 0 Å². The lowest BCUT2D eigenvalue weighted by molar-refractivity contribution is 0.0922. The van der Waals surface area contributed by atoms with Crippen LogP contribution >= 0.6 is 11.3 Å². The number of hydrogen-bond acceptors (Lipinski definition) is 4. The van der Waals surface area contributed by atoms with E-state index in [0.717, 1.165) is 30.2 Å². The Hall–Kier alpha value is -2.18. The third-order valence-corrected chi connectivity index (χ3v) is 5.24. The molecule has 1 aliphatic heterocycles. The van der Waals surface area contributed by atoms with Crippen molar-refractivity contribution in [2.24, 2.45) is 0 Å². The number of thiazole rings is 1. The van der Waals surface area contributed by atoms with E-state index in [1.165, 1.54) is 24.2 Å². The fourth-order valence-electron chi connectivity index (χ4n) is 3.21. The first-order valence-electron chi connectivity index (χ1n) is 8.30. The van der Waals surface area contributed by atoms with Crippen LogP contribution in [0.4, 0.5) is 0 Å². The summed E-state index contributed by atoms with van der Waals surface area (Å²) in [7, 11) is 0. The van der Waals surface area contributed by atoms with E-state index < -0.39 is 0 Å². The van der Waals surface area contributed by atoms with Gasteiger partial charge in [0.05, 0.1) is 6.04 Å². The third kappa shape index (κ3) is 3.20. The summed E-state index contributed by atoms with van der Waals surface area (Å²) in [6.07, 6.45) is 6.20. The van der Waals surface area contributed by atoms with Crippen molar-refractivity contribution < 1.29 is 4.79 Å². The molecular formula is C18H20N4OS. The van der Waals surface area contributed by atoms with Gasteiger partial charge >= 0.3 is 0 Å². The van der Waals surface area contributed by atoms with E-state index in [1.807, 2.05) is 34.2 Å². The topological polar surface area (TPSA) is 49.6 Å². The van der Waals surface area contributed by atoms with E-state index in [1.54, 1.807) is 6.20 Å². The van der Waals surface area contributed by atoms with Crippen molar-refractivity contribution in [2.45, 2.75) is 18.9 Å². The molecule has 124 valence electrons. The van der Waals surface area contributed by atoms with Crippen molar-refractivity contribution in [1.82, 2.24) is 19.6 Å². The standard InChI is InChI=1S/C18H20N4OS/c23-17(16-13-22-10-11-24-18(22)20-16)19-15(12-21-8-4-5-9-21)14-6-2-1-3-7-14/h1-3,6-7,10-11,13,15H,4-5,8-9,12H2,(H,19,23)/t15-/m0/s1. The van der Waals surface area contributed by atoms with Gasteiger partial charge in [0.15, 0.2) is 4.96 Å². The highest BCUT2D eigenvalue weighted by Crippen LogP contribution is 2.19. The minimum Gasteiger partial charge on any atom is -0.343 e. The fourth-order valence-corrected chi connectivity index (χ4v) is 3.91. The number of hydrogen-bond donors (Lipinski definition) is 1. The van der Waals surface area contributed by atoms with Gasteiger partial charge in [0.25, 0.3) is 5.91 Å². The molecule has 1 atom stereocenters. The smallest absolute Gasteiger partial charge is 0.272 e. The third-order valence-electron chi connectivity index (χ3n) is 4.47. The van der Waals surface area contributed by atoms with Crippen LogP contribution in [0.5, 0.6) is 0 Å². The lowest BCUT2D eigenvalue weighted by Crippen LogP contribution is -2.37. The number of likely N-dealkylation sites (tertiary alicyclic amines) is 1. The summed E-state index contributed by atoms with van der Waals surface area (Å²) in [4.78, 5) is 20.3. The highest BCUT2D eigenvalue weighted by atomic mass is 32.1. The highest BCUT2D eigenvalue weighted by molar-refractivity contribution is 7.15. The van der Waals surface area contributed by atoms with E-state index >= 15 is 0 Å². The molecule has 2 aromatic heterocycles.